The SMILES string of the molecule is COc1ccc2oc(-c3ccccc3)c(C(=O)Oc3ccc4c(c3)O/C(=C\c3cccs3)C4=O)c2c1. The van der Waals surface area contributed by atoms with E-state index in [1.165, 1.54) is 11.3 Å². The fraction of sp³-hybridized carbons (Fsp3) is 0.0345. The highest BCUT2D eigenvalue weighted by Crippen LogP contribution is 2.38. The fourth-order valence-electron chi connectivity index (χ4n) is 4.09. The predicted octanol–water partition coefficient (Wildman–Crippen LogP) is 7.01. The van der Waals surface area contributed by atoms with Crippen LogP contribution in [-0.4, -0.2) is 18.9 Å². The van der Waals surface area contributed by atoms with E-state index < -0.39 is 5.97 Å². The highest BCUT2D eigenvalue weighted by atomic mass is 32.1. The van der Waals surface area contributed by atoms with Crippen molar-refractivity contribution in [2.45, 2.75) is 0 Å². The minimum atomic E-state index is -0.598. The van der Waals surface area contributed by atoms with Crippen LogP contribution in [0.4, 0.5) is 0 Å². The van der Waals surface area contributed by atoms with Crippen LogP contribution in [0.2, 0.25) is 0 Å². The lowest BCUT2D eigenvalue weighted by Gasteiger charge is -2.07. The summed E-state index contributed by atoms with van der Waals surface area (Å²) in [5.74, 6) is 1.00. The summed E-state index contributed by atoms with van der Waals surface area (Å²) in [6, 6.07) is 23.2. The first-order chi connectivity index (χ1) is 17.6. The van der Waals surface area contributed by atoms with Crippen molar-refractivity contribution in [2.24, 2.45) is 0 Å². The minimum Gasteiger partial charge on any atom is -0.497 e. The maximum Gasteiger partial charge on any atom is 0.348 e. The molecule has 0 fully saturated rings. The smallest absolute Gasteiger partial charge is 0.348 e. The van der Waals surface area contributed by atoms with Crippen LogP contribution in [0.5, 0.6) is 17.2 Å². The molecule has 0 saturated carbocycles. The van der Waals surface area contributed by atoms with Crippen molar-refractivity contribution in [3.05, 3.63) is 106 Å². The van der Waals surface area contributed by atoms with Gasteiger partial charge in [-0.05, 0) is 41.8 Å². The molecule has 7 heteroatoms. The maximum absolute atomic E-state index is 13.5. The van der Waals surface area contributed by atoms with Gasteiger partial charge in [-0.2, -0.15) is 0 Å². The molecule has 6 rings (SSSR count). The van der Waals surface area contributed by atoms with Crippen molar-refractivity contribution in [3.63, 3.8) is 0 Å². The summed E-state index contributed by atoms with van der Waals surface area (Å²) in [6.07, 6.45) is 1.70. The molecule has 3 heterocycles. The number of thiophene rings is 1. The molecule has 0 amide bonds. The Morgan fingerprint density at radius 2 is 1.78 bits per heavy atom. The Labute approximate surface area is 210 Å². The molecular weight excluding hydrogens is 476 g/mol. The van der Waals surface area contributed by atoms with E-state index in [1.807, 2.05) is 47.8 Å². The third kappa shape index (κ3) is 3.85. The Morgan fingerprint density at radius 3 is 2.56 bits per heavy atom. The van der Waals surface area contributed by atoms with Gasteiger partial charge in [0.25, 0.3) is 0 Å². The molecular formula is C29H18O6S. The number of methoxy groups -OCH3 is 1. The van der Waals surface area contributed by atoms with Crippen LogP contribution < -0.4 is 14.2 Å². The summed E-state index contributed by atoms with van der Waals surface area (Å²) >= 11 is 1.51. The van der Waals surface area contributed by atoms with Crippen LogP contribution in [0.1, 0.15) is 25.6 Å². The molecule has 0 bridgehead atoms. The normalized spacial score (nSPS) is 13.6. The fourth-order valence-corrected chi connectivity index (χ4v) is 4.74. The molecule has 6 nitrogen and oxygen atoms in total. The van der Waals surface area contributed by atoms with Gasteiger partial charge >= 0.3 is 5.97 Å². The van der Waals surface area contributed by atoms with Gasteiger partial charge in [-0.3, -0.25) is 4.79 Å². The standard InChI is InChI=1S/C29H18O6S/c1-32-18-10-12-23-22(14-18)26(28(35-23)17-6-3-2-4-7-17)29(31)33-19-9-11-21-24(15-19)34-25(27(21)30)16-20-8-5-13-36-20/h2-16H,1H3/b25-16-. The zero-order chi connectivity index (χ0) is 24.6. The third-order valence-corrected chi connectivity index (χ3v) is 6.62. The zero-order valence-electron chi connectivity index (χ0n) is 19.0. The van der Waals surface area contributed by atoms with E-state index in [2.05, 4.69) is 0 Å². The summed E-state index contributed by atoms with van der Waals surface area (Å²) in [6.45, 7) is 0. The van der Waals surface area contributed by atoms with E-state index in [0.29, 0.717) is 33.8 Å². The van der Waals surface area contributed by atoms with Gasteiger partial charge in [0.2, 0.25) is 5.78 Å². The molecule has 0 N–H and O–H groups in total. The molecule has 0 unspecified atom stereocenters. The Balaban J connectivity index is 1.36. The van der Waals surface area contributed by atoms with Gasteiger partial charge in [0.1, 0.15) is 34.2 Å². The number of carbonyl (C=O) groups is 2. The number of Topliss-reactive ketones (excluding diaryl/α,β-unsaturated/α-hetero) is 1. The molecule has 0 aliphatic carbocycles. The highest BCUT2D eigenvalue weighted by molar-refractivity contribution is 7.10. The van der Waals surface area contributed by atoms with E-state index >= 15 is 0 Å². The van der Waals surface area contributed by atoms with Crippen molar-refractivity contribution >= 4 is 40.1 Å². The number of fused-ring (bicyclic) bond motifs is 2. The highest BCUT2D eigenvalue weighted by Gasteiger charge is 2.29. The first kappa shape index (κ1) is 21.9. The van der Waals surface area contributed by atoms with E-state index in [1.54, 1.807) is 49.6 Å². The van der Waals surface area contributed by atoms with Crippen molar-refractivity contribution in [1.29, 1.82) is 0 Å². The first-order valence-electron chi connectivity index (χ1n) is 11.1. The molecule has 0 saturated heterocycles. The molecule has 0 radical (unpaired) electrons. The summed E-state index contributed by atoms with van der Waals surface area (Å²) in [4.78, 5) is 27.1. The Kier molecular flexibility index (Phi) is 5.39. The number of hydrogen-bond acceptors (Lipinski definition) is 7. The topological polar surface area (TPSA) is 75.0 Å². The van der Waals surface area contributed by atoms with E-state index in [-0.39, 0.29) is 22.9 Å². The van der Waals surface area contributed by atoms with Gasteiger partial charge in [0.05, 0.1) is 12.7 Å². The van der Waals surface area contributed by atoms with Gasteiger partial charge in [0.15, 0.2) is 5.76 Å². The third-order valence-electron chi connectivity index (χ3n) is 5.80. The maximum atomic E-state index is 13.5. The van der Waals surface area contributed by atoms with Crippen molar-refractivity contribution in [1.82, 2.24) is 0 Å². The molecule has 0 spiro atoms. The molecule has 176 valence electrons. The van der Waals surface area contributed by atoms with Crippen molar-refractivity contribution in [3.8, 4) is 28.6 Å². The largest absolute Gasteiger partial charge is 0.497 e. The van der Waals surface area contributed by atoms with Gasteiger partial charge in [-0.1, -0.05) is 36.4 Å². The zero-order valence-corrected chi connectivity index (χ0v) is 19.8. The minimum absolute atomic E-state index is 0.212. The van der Waals surface area contributed by atoms with Crippen LogP contribution in [0.3, 0.4) is 0 Å². The number of hydrogen-bond donors (Lipinski definition) is 0. The van der Waals surface area contributed by atoms with E-state index in [0.717, 1.165) is 10.4 Å². The summed E-state index contributed by atoms with van der Waals surface area (Å²) in [5.41, 5.74) is 1.98. The number of esters is 1. The molecule has 2 aromatic heterocycles. The van der Waals surface area contributed by atoms with Crippen LogP contribution in [0.25, 0.3) is 28.4 Å². The monoisotopic (exact) mass is 494 g/mol. The summed E-state index contributed by atoms with van der Waals surface area (Å²) < 4.78 is 23.0. The van der Waals surface area contributed by atoms with Crippen LogP contribution >= 0.6 is 11.3 Å². The lowest BCUT2D eigenvalue weighted by atomic mass is 10.1. The van der Waals surface area contributed by atoms with Crippen LogP contribution in [-0.2, 0) is 0 Å². The number of allylic oxidation sites excluding steroid dienone is 1. The lowest BCUT2D eigenvalue weighted by Crippen LogP contribution is -2.09. The number of rotatable bonds is 5. The van der Waals surface area contributed by atoms with Gasteiger partial charge in [-0.25, -0.2) is 4.79 Å². The predicted molar refractivity (Wildman–Crippen MR) is 137 cm³/mol. The quantitative estimate of drug-likeness (QED) is 0.149. The second-order valence-electron chi connectivity index (χ2n) is 8.04. The molecule has 0 atom stereocenters. The van der Waals surface area contributed by atoms with Crippen LogP contribution in [0.15, 0.2) is 94.4 Å². The molecule has 36 heavy (non-hydrogen) atoms. The van der Waals surface area contributed by atoms with E-state index in [9.17, 15) is 9.59 Å². The molecule has 1 aliphatic rings. The van der Waals surface area contributed by atoms with E-state index in [4.69, 9.17) is 18.6 Å². The van der Waals surface area contributed by atoms with Gasteiger partial charge in [0, 0.05) is 28.0 Å². The molecule has 1 aliphatic heterocycles. The summed E-state index contributed by atoms with van der Waals surface area (Å²) in [7, 11) is 1.56. The van der Waals surface area contributed by atoms with Gasteiger partial charge < -0.3 is 18.6 Å². The number of carbonyl (C=O) groups excluding carboxylic acids is 2. The molecule has 3 aromatic carbocycles. The number of benzene rings is 3. The number of furan rings is 1. The Morgan fingerprint density at radius 1 is 0.944 bits per heavy atom. The average Bonchev–Trinajstić information content (AvgIpc) is 3.62. The molecule has 5 aromatic rings. The van der Waals surface area contributed by atoms with Crippen molar-refractivity contribution in [2.75, 3.05) is 7.11 Å². The Bertz CT molecular complexity index is 1640. The first-order valence-corrected chi connectivity index (χ1v) is 12.0. The second kappa shape index (κ2) is 8.87. The summed E-state index contributed by atoms with van der Waals surface area (Å²) in [5, 5.41) is 2.50. The number of ketones is 1. The van der Waals surface area contributed by atoms with Crippen molar-refractivity contribution < 1.29 is 28.2 Å². The van der Waals surface area contributed by atoms with Crippen LogP contribution in [0, 0.1) is 0 Å². The number of ether oxygens (including phenoxy) is 3. The second-order valence-corrected chi connectivity index (χ2v) is 9.02. The average molecular weight is 495 g/mol. The lowest BCUT2D eigenvalue weighted by molar-refractivity contribution is 0.0736. The Hall–Kier alpha value is -4.62. The van der Waals surface area contributed by atoms with Gasteiger partial charge in [-0.15, -0.1) is 11.3 Å².